The van der Waals surface area contributed by atoms with E-state index in [0.29, 0.717) is 5.56 Å². The van der Waals surface area contributed by atoms with Crippen molar-refractivity contribution in [1.29, 1.82) is 0 Å². The standard InChI is InChI=1S/C8H5ClN4O3/c9-6-3-4(13(14)15)1-2-5(6)7-11-12-8(10)16-7/h1-3H,(H2,10,12). The van der Waals surface area contributed by atoms with E-state index in [9.17, 15) is 10.1 Å². The Hall–Kier alpha value is -2.15. The number of anilines is 1. The van der Waals surface area contributed by atoms with Crippen molar-refractivity contribution in [2.45, 2.75) is 0 Å². The predicted octanol–water partition coefficient (Wildman–Crippen LogP) is 1.88. The van der Waals surface area contributed by atoms with Gasteiger partial charge in [-0.2, -0.15) is 0 Å². The molecule has 2 rings (SSSR count). The maximum absolute atomic E-state index is 10.5. The molecule has 0 saturated carbocycles. The Morgan fingerprint density at radius 1 is 1.44 bits per heavy atom. The predicted molar refractivity (Wildman–Crippen MR) is 55.8 cm³/mol. The van der Waals surface area contributed by atoms with Gasteiger partial charge in [0.2, 0.25) is 0 Å². The number of aromatic nitrogens is 2. The second-order valence-electron chi connectivity index (χ2n) is 2.87. The molecule has 1 aromatic heterocycles. The Labute approximate surface area is 94.0 Å². The van der Waals surface area contributed by atoms with Crippen molar-refractivity contribution >= 4 is 23.3 Å². The molecule has 0 radical (unpaired) electrons. The molecule has 0 spiro atoms. The Morgan fingerprint density at radius 3 is 2.69 bits per heavy atom. The summed E-state index contributed by atoms with van der Waals surface area (Å²) in [7, 11) is 0. The van der Waals surface area contributed by atoms with Gasteiger partial charge in [0, 0.05) is 12.1 Å². The van der Waals surface area contributed by atoms with Crippen LogP contribution in [0.2, 0.25) is 5.02 Å². The first-order chi connectivity index (χ1) is 7.58. The summed E-state index contributed by atoms with van der Waals surface area (Å²) in [5.74, 6) is 0.123. The van der Waals surface area contributed by atoms with Gasteiger partial charge in [-0.15, -0.1) is 5.10 Å². The third-order valence-electron chi connectivity index (χ3n) is 1.83. The van der Waals surface area contributed by atoms with Gasteiger partial charge in [0.15, 0.2) is 0 Å². The van der Waals surface area contributed by atoms with Crippen molar-refractivity contribution in [2.24, 2.45) is 0 Å². The average molecular weight is 241 g/mol. The number of nitrogen functional groups attached to an aromatic ring is 1. The van der Waals surface area contributed by atoms with E-state index in [-0.39, 0.29) is 22.6 Å². The number of nitrogens with two attached hydrogens (primary N) is 1. The second kappa shape index (κ2) is 3.78. The van der Waals surface area contributed by atoms with Gasteiger partial charge >= 0.3 is 6.01 Å². The zero-order chi connectivity index (χ0) is 11.7. The van der Waals surface area contributed by atoms with Gasteiger partial charge in [0.05, 0.1) is 15.5 Å². The molecule has 1 aromatic carbocycles. The van der Waals surface area contributed by atoms with Crippen LogP contribution in [0.1, 0.15) is 0 Å². The molecular formula is C8H5ClN4O3. The van der Waals surface area contributed by atoms with E-state index in [1.54, 1.807) is 0 Å². The van der Waals surface area contributed by atoms with Crippen LogP contribution in [-0.4, -0.2) is 15.1 Å². The molecule has 7 nitrogen and oxygen atoms in total. The van der Waals surface area contributed by atoms with Crippen LogP contribution in [0.5, 0.6) is 0 Å². The van der Waals surface area contributed by atoms with E-state index in [4.69, 9.17) is 21.8 Å². The van der Waals surface area contributed by atoms with Gasteiger partial charge in [-0.3, -0.25) is 10.1 Å². The lowest BCUT2D eigenvalue weighted by Gasteiger charge is -1.98. The minimum Gasteiger partial charge on any atom is -0.404 e. The van der Waals surface area contributed by atoms with Gasteiger partial charge < -0.3 is 10.2 Å². The summed E-state index contributed by atoms with van der Waals surface area (Å²) < 4.78 is 4.95. The highest BCUT2D eigenvalue weighted by molar-refractivity contribution is 6.33. The maximum atomic E-state index is 10.5. The molecule has 8 heteroatoms. The summed E-state index contributed by atoms with van der Waals surface area (Å²) in [4.78, 5) is 9.94. The molecular weight excluding hydrogens is 236 g/mol. The number of nitro groups is 1. The monoisotopic (exact) mass is 240 g/mol. The summed E-state index contributed by atoms with van der Waals surface area (Å²) >= 11 is 5.84. The van der Waals surface area contributed by atoms with Crippen molar-refractivity contribution in [2.75, 3.05) is 5.73 Å². The van der Waals surface area contributed by atoms with Crippen LogP contribution >= 0.6 is 11.6 Å². The molecule has 0 atom stereocenters. The van der Waals surface area contributed by atoms with Crippen LogP contribution in [-0.2, 0) is 0 Å². The highest BCUT2D eigenvalue weighted by Gasteiger charge is 2.14. The van der Waals surface area contributed by atoms with Crippen molar-refractivity contribution in [3.8, 4) is 11.5 Å². The van der Waals surface area contributed by atoms with Crippen LogP contribution in [0.25, 0.3) is 11.5 Å². The highest BCUT2D eigenvalue weighted by atomic mass is 35.5. The minimum absolute atomic E-state index is 0.0931. The zero-order valence-electron chi connectivity index (χ0n) is 7.75. The molecule has 0 unspecified atom stereocenters. The maximum Gasteiger partial charge on any atom is 0.313 e. The lowest BCUT2D eigenvalue weighted by molar-refractivity contribution is -0.384. The number of nitrogens with zero attached hydrogens (tertiary/aromatic N) is 3. The van der Waals surface area contributed by atoms with Gasteiger partial charge in [-0.25, -0.2) is 0 Å². The Bertz CT molecular complexity index is 554. The zero-order valence-corrected chi connectivity index (χ0v) is 8.51. The van der Waals surface area contributed by atoms with Crippen molar-refractivity contribution < 1.29 is 9.34 Å². The number of non-ortho nitro benzene ring substituents is 1. The largest absolute Gasteiger partial charge is 0.404 e. The summed E-state index contributed by atoms with van der Waals surface area (Å²) in [6, 6.07) is 3.83. The van der Waals surface area contributed by atoms with Crippen LogP contribution < -0.4 is 5.73 Å². The summed E-state index contributed by atoms with van der Waals surface area (Å²) in [5.41, 5.74) is 5.54. The quantitative estimate of drug-likeness (QED) is 0.634. The molecule has 0 fully saturated rings. The molecule has 82 valence electrons. The van der Waals surface area contributed by atoms with Gasteiger partial charge in [-0.1, -0.05) is 16.7 Å². The molecule has 0 aliphatic rings. The molecule has 16 heavy (non-hydrogen) atoms. The van der Waals surface area contributed by atoms with Gasteiger partial charge in [0.25, 0.3) is 11.6 Å². The van der Waals surface area contributed by atoms with Gasteiger partial charge in [0.1, 0.15) is 0 Å². The lowest BCUT2D eigenvalue weighted by Crippen LogP contribution is -1.88. The first-order valence-corrected chi connectivity index (χ1v) is 4.49. The molecule has 0 bridgehead atoms. The fraction of sp³-hybridized carbons (Fsp3) is 0. The molecule has 2 N–H and O–H groups in total. The van der Waals surface area contributed by atoms with Crippen LogP contribution in [0.4, 0.5) is 11.7 Å². The van der Waals surface area contributed by atoms with E-state index >= 15 is 0 Å². The van der Waals surface area contributed by atoms with Crippen molar-refractivity contribution in [1.82, 2.24) is 10.2 Å². The van der Waals surface area contributed by atoms with E-state index < -0.39 is 4.92 Å². The number of hydrogen-bond acceptors (Lipinski definition) is 6. The van der Waals surface area contributed by atoms with Crippen molar-refractivity contribution in [3.63, 3.8) is 0 Å². The van der Waals surface area contributed by atoms with Crippen LogP contribution in [0.15, 0.2) is 22.6 Å². The summed E-state index contributed by atoms with van der Waals surface area (Å²) in [6.45, 7) is 0. The Balaban J connectivity index is 2.47. The van der Waals surface area contributed by atoms with E-state index in [1.165, 1.54) is 18.2 Å². The SMILES string of the molecule is Nc1nnc(-c2ccc([N+](=O)[O-])cc2Cl)o1. The molecule has 0 amide bonds. The third-order valence-corrected chi connectivity index (χ3v) is 2.15. The molecule has 0 aliphatic carbocycles. The topological polar surface area (TPSA) is 108 Å². The number of halogens is 1. The number of nitro benzene ring substituents is 1. The lowest BCUT2D eigenvalue weighted by atomic mass is 10.2. The first-order valence-electron chi connectivity index (χ1n) is 4.11. The highest BCUT2D eigenvalue weighted by Crippen LogP contribution is 2.30. The minimum atomic E-state index is -0.544. The first kappa shape index (κ1) is 10.4. The van der Waals surface area contributed by atoms with Crippen LogP contribution in [0, 0.1) is 10.1 Å². The second-order valence-corrected chi connectivity index (χ2v) is 3.27. The van der Waals surface area contributed by atoms with E-state index in [0.717, 1.165) is 0 Å². The molecule has 1 heterocycles. The van der Waals surface area contributed by atoms with E-state index in [2.05, 4.69) is 10.2 Å². The third kappa shape index (κ3) is 1.80. The fourth-order valence-electron chi connectivity index (χ4n) is 1.13. The Morgan fingerprint density at radius 2 is 2.19 bits per heavy atom. The fourth-order valence-corrected chi connectivity index (χ4v) is 1.39. The number of hydrogen-bond donors (Lipinski definition) is 1. The summed E-state index contributed by atoms with van der Waals surface area (Å²) in [5, 5.41) is 17.7. The van der Waals surface area contributed by atoms with Crippen LogP contribution in [0.3, 0.4) is 0 Å². The normalized spacial score (nSPS) is 10.3. The molecule has 2 aromatic rings. The number of rotatable bonds is 2. The van der Waals surface area contributed by atoms with E-state index in [1.807, 2.05) is 0 Å². The van der Waals surface area contributed by atoms with Gasteiger partial charge in [-0.05, 0) is 6.07 Å². The summed E-state index contributed by atoms with van der Waals surface area (Å²) in [6.07, 6.45) is 0. The smallest absolute Gasteiger partial charge is 0.313 e. The number of benzene rings is 1. The molecule has 0 aliphatic heterocycles. The average Bonchev–Trinajstić information content (AvgIpc) is 2.64. The molecule has 0 saturated heterocycles. The van der Waals surface area contributed by atoms with Crippen molar-refractivity contribution in [3.05, 3.63) is 33.3 Å². The Kier molecular flexibility index (Phi) is 2.45.